The average Bonchev–Trinajstić information content (AvgIpc) is 2.70. The fraction of sp³-hybridized carbons (Fsp3) is 0.429. The van der Waals surface area contributed by atoms with Crippen molar-refractivity contribution in [3.05, 3.63) is 42.0 Å². The maximum Gasteiger partial charge on any atom is 0.179 e. The van der Waals surface area contributed by atoms with Crippen LogP contribution >= 0.6 is 0 Å². The summed E-state index contributed by atoms with van der Waals surface area (Å²) in [4.78, 5) is 0.108. The molecular weight excluding hydrogens is 410 g/mol. The zero-order valence-corrected chi connectivity index (χ0v) is 18.5. The second kappa shape index (κ2) is 11.1. The van der Waals surface area contributed by atoms with Gasteiger partial charge in [0, 0.05) is 25.4 Å². The summed E-state index contributed by atoms with van der Waals surface area (Å²) in [6.07, 6.45) is 0.319. The number of hydrogen-bond donors (Lipinski definition) is 2. The van der Waals surface area contributed by atoms with Crippen LogP contribution in [-0.2, 0) is 9.84 Å². The smallest absolute Gasteiger partial charge is 0.179 e. The molecule has 2 N–H and O–H groups in total. The number of aliphatic hydroxyl groups is 1. The van der Waals surface area contributed by atoms with Crippen LogP contribution in [0.4, 0.5) is 0 Å². The number of sulfone groups is 1. The summed E-state index contributed by atoms with van der Waals surface area (Å²) in [6, 6.07) is 10.1. The molecule has 8 nitrogen and oxygen atoms in total. The van der Waals surface area contributed by atoms with Crippen LogP contribution in [0.15, 0.2) is 41.3 Å². The summed E-state index contributed by atoms with van der Waals surface area (Å²) in [5.74, 6) is 2.10. The van der Waals surface area contributed by atoms with E-state index in [4.69, 9.17) is 18.9 Å². The topological polar surface area (TPSA) is 103 Å². The van der Waals surface area contributed by atoms with Gasteiger partial charge in [-0.05, 0) is 36.8 Å². The second-order valence-electron chi connectivity index (χ2n) is 6.76. The Labute approximate surface area is 177 Å². The van der Waals surface area contributed by atoms with Gasteiger partial charge < -0.3 is 29.4 Å². The van der Waals surface area contributed by atoms with E-state index in [1.165, 1.54) is 6.07 Å². The number of aryl methyl sites for hydroxylation is 1. The first-order valence-electron chi connectivity index (χ1n) is 9.41. The van der Waals surface area contributed by atoms with Crippen molar-refractivity contribution in [2.45, 2.75) is 17.9 Å². The van der Waals surface area contributed by atoms with Gasteiger partial charge in [0.25, 0.3) is 0 Å². The molecule has 0 aliphatic rings. The van der Waals surface area contributed by atoms with Crippen molar-refractivity contribution in [2.24, 2.45) is 0 Å². The van der Waals surface area contributed by atoms with Crippen LogP contribution < -0.4 is 24.3 Å². The Bertz CT molecular complexity index is 931. The Kier molecular flexibility index (Phi) is 8.76. The van der Waals surface area contributed by atoms with E-state index in [0.29, 0.717) is 30.4 Å². The van der Waals surface area contributed by atoms with Crippen LogP contribution in [0.3, 0.4) is 0 Å². The third-order valence-electron chi connectivity index (χ3n) is 4.21. The van der Waals surface area contributed by atoms with Crippen molar-refractivity contribution in [3.8, 4) is 23.0 Å². The highest BCUT2D eigenvalue weighted by Gasteiger charge is 2.16. The summed E-state index contributed by atoms with van der Waals surface area (Å²) in [5, 5.41) is 13.2. The predicted octanol–water partition coefficient (Wildman–Crippen LogP) is 1.82. The molecule has 0 amide bonds. The van der Waals surface area contributed by atoms with Crippen molar-refractivity contribution in [2.75, 3.05) is 46.8 Å². The van der Waals surface area contributed by atoms with Gasteiger partial charge in [-0.25, -0.2) is 8.42 Å². The standard InChI is InChI=1S/C21H29NO7S/c1-15-5-8-21(30(4,24)25)20(11-15)29-14-16(23)13-22-9-10-28-17-6-7-18(26-2)19(12-17)27-3/h5-8,11-12,16,22-23H,9-10,13-14H2,1-4H3. The van der Waals surface area contributed by atoms with E-state index in [0.717, 1.165) is 11.8 Å². The third-order valence-corrected chi connectivity index (χ3v) is 5.35. The van der Waals surface area contributed by atoms with Gasteiger partial charge in [0.2, 0.25) is 0 Å². The molecule has 0 bridgehead atoms. The summed E-state index contributed by atoms with van der Waals surface area (Å²) in [5.41, 5.74) is 0.873. The molecule has 2 aromatic carbocycles. The van der Waals surface area contributed by atoms with Crippen LogP contribution in [0.25, 0.3) is 0 Å². The van der Waals surface area contributed by atoms with Gasteiger partial charge >= 0.3 is 0 Å². The van der Waals surface area contributed by atoms with Crippen LogP contribution in [0.2, 0.25) is 0 Å². The number of nitrogens with one attached hydrogen (secondary N) is 1. The Morgan fingerprint density at radius 1 is 1.00 bits per heavy atom. The molecule has 1 unspecified atom stereocenters. The first kappa shape index (κ1) is 23.8. The molecule has 0 heterocycles. The number of benzene rings is 2. The predicted molar refractivity (Wildman–Crippen MR) is 114 cm³/mol. The van der Waals surface area contributed by atoms with E-state index in [2.05, 4.69) is 5.32 Å². The lowest BCUT2D eigenvalue weighted by Gasteiger charge is -2.16. The molecular formula is C21H29NO7S. The van der Waals surface area contributed by atoms with E-state index in [-0.39, 0.29) is 23.8 Å². The van der Waals surface area contributed by atoms with Gasteiger partial charge in [0.15, 0.2) is 21.3 Å². The van der Waals surface area contributed by atoms with Crippen molar-refractivity contribution in [1.29, 1.82) is 0 Å². The lowest BCUT2D eigenvalue weighted by atomic mass is 10.2. The first-order valence-corrected chi connectivity index (χ1v) is 11.3. The molecule has 0 spiro atoms. The van der Waals surface area contributed by atoms with Gasteiger partial charge in [-0.3, -0.25) is 0 Å². The summed E-state index contributed by atoms with van der Waals surface area (Å²) in [6.45, 7) is 2.98. The third kappa shape index (κ3) is 7.08. The molecule has 0 aliphatic heterocycles. The quantitative estimate of drug-likeness (QED) is 0.483. The second-order valence-corrected chi connectivity index (χ2v) is 8.74. The number of rotatable bonds is 12. The Morgan fingerprint density at radius 3 is 2.40 bits per heavy atom. The zero-order valence-electron chi connectivity index (χ0n) is 17.7. The molecule has 0 saturated heterocycles. The van der Waals surface area contributed by atoms with E-state index in [1.807, 2.05) is 6.92 Å². The largest absolute Gasteiger partial charge is 0.493 e. The van der Waals surface area contributed by atoms with Crippen LogP contribution in [-0.4, -0.2) is 66.4 Å². The summed E-state index contributed by atoms with van der Waals surface area (Å²) >= 11 is 0. The molecule has 0 aromatic heterocycles. The summed E-state index contributed by atoms with van der Waals surface area (Å²) in [7, 11) is -0.288. The SMILES string of the molecule is COc1ccc(OCCNCC(O)COc2cc(C)ccc2S(C)(=O)=O)cc1OC. The maximum atomic E-state index is 11.9. The molecule has 1 atom stereocenters. The molecule has 0 fully saturated rings. The molecule has 2 aromatic rings. The fourth-order valence-corrected chi connectivity index (χ4v) is 3.49. The number of hydrogen-bond acceptors (Lipinski definition) is 8. The van der Waals surface area contributed by atoms with E-state index in [9.17, 15) is 13.5 Å². The van der Waals surface area contributed by atoms with Crippen LogP contribution in [0.5, 0.6) is 23.0 Å². The minimum atomic E-state index is -3.41. The van der Waals surface area contributed by atoms with E-state index >= 15 is 0 Å². The molecule has 0 aliphatic carbocycles. The molecule has 166 valence electrons. The molecule has 30 heavy (non-hydrogen) atoms. The van der Waals surface area contributed by atoms with Crippen molar-refractivity contribution >= 4 is 9.84 Å². The minimum absolute atomic E-state index is 0.0322. The highest BCUT2D eigenvalue weighted by molar-refractivity contribution is 7.90. The van der Waals surface area contributed by atoms with Gasteiger partial charge in [0.05, 0.1) is 14.2 Å². The monoisotopic (exact) mass is 439 g/mol. The highest BCUT2D eigenvalue weighted by atomic mass is 32.2. The summed E-state index contributed by atoms with van der Waals surface area (Å²) < 4.78 is 45.3. The van der Waals surface area contributed by atoms with Crippen LogP contribution in [0.1, 0.15) is 5.56 Å². The molecule has 2 rings (SSSR count). The first-order chi connectivity index (χ1) is 14.2. The normalized spacial score (nSPS) is 12.3. The Morgan fingerprint density at radius 2 is 1.73 bits per heavy atom. The minimum Gasteiger partial charge on any atom is -0.493 e. The average molecular weight is 440 g/mol. The van der Waals surface area contributed by atoms with Crippen LogP contribution in [0, 0.1) is 6.92 Å². The molecule has 0 radical (unpaired) electrons. The number of methoxy groups -OCH3 is 2. The lowest BCUT2D eigenvalue weighted by molar-refractivity contribution is 0.104. The lowest BCUT2D eigenvalue weighted by Crippen LogP contribution is -2.33. The van der Waals surface area contributed by atoms with E-state index in [1.54, 1.807) is 44.6 Å². The van der Waals surface area contributed by atoms with Crippen molar-refractivity contribution in [1.82, 2.24) is 5.32 Å². The molecule has 0 saturated carbocycles. The van der Waals surface area contributed by atoms with Crippen molar-refractivity contribution in [3.63, 3.8) is 0 Å². The van der Waals surface area contributed by atoms with Gasteiger partial charge in [-0.2, -0.15) is 0 Å². The van der Waals surface area contributed by atoms with Gasteiger partial charge in [-0.1, -0.05) is 6.07 Å². The highest BCUT2D eigenvalue weighted by Crippen LogP contribution is 2.30. The Hall–Kier alpha value is -2.49. The van der Waals surface area contributed by atoms with Gasteiger partial charge in [0.1, 0.15) is 35.7 Å². The fourth-order valence-electron chi connectivity index (χ4n) is 2.70. The molecule has 9 heteroatoms. The zero-order chi connectivity index (χ0) is 22.1. The number of aliphatic hydroxyl groups excluding tert-OH is 1. The maximum absolute atomic E-state index is 11.9. The van der Waals surface area contributed by atoms with Crippen molar-refractivity contribution < 1.29 is 32.5 Å². The van der Waals surface area contributed by atoms with Gasteiger partial charge in [-0.15, -0.1) is 0 Å². The Balaban J connectivity index is 1.75. The van der Waals surface area contributed by atoms with E-state index < -0.39 is 15.9 Å². The number of ether oxygens (including phenoxy) is 4.